The number of nitrogens with zero attached hydrogens (tertiary/aromatic N) is 1. The monoisotopic (exact) mass is 470 g/mol. The summed E-state index contributed by atoms with van der Waals surface area (Å²) >= 11 is 1.16. The van der Waals surface area contributed by atoms with Gasteiger partial charge in [0.05, 0.1) is 0 Å². The Morgan fingerprint density at radius 2 is 1.97 bits per heavy atom. The molecule has 1 N–H and O–H groups in total. The zero-order valence-electron chi connectivity index (χ0n) is 19.7. The molecule has 0 aliphatic carbocycles. The minimum absolute atomic E-state index is 0.0246. The Kier molecular flexibility index (Phi) is 8.80. The van der Waals surface area contributed by atoms with E-state index in [0.29, 0.717) is 19.5 Å². The molecule has 178 valence electrons. The van der Waals surface area contributed by atoms with E-state index in [2.05, 4.69) is 48.3 Å². The summed E-state index contributed by atoms with van der Waals surface area (Å²) < 4.78 is 10.7. The Labute approximate surface area is 200 Å². The number of thioether (sulfide) groups is 1. The van der Waals surface area contributed by atoms with Gasteiger partial charge in [-0.1, -0.05) is 55.1 Å². The van der Waals surface area contributed by atoms with Crippen LogP contribution in [0.2, 0.25) is 0 Å². The minimum Gasteiger partial charge on any atom is -0.452 e. The lowest BCUT2D eigenvalue weighted by molar-refractivity contribution is 0.0736. The predicted octanol–water partition coefficient (Wildman–Crippen LogP) is 5.41. The largest absolute Gasteiger partial charge is 0.452 e. The van der Waals surface area contributed by atoms with Gasteiger partial charge in [-0.3, -0.25) is 0 Å². The van der Waals surface area contributed by atoms with Crippen LogP contribution in [-0.2, 0) is 15.9 Å². The SMILES string of the molecule is C=CCOC(=O)N1C[C@@H](SC(=O)OC(C)(C)C)C[C@H]1CNCCc1ccc2ccccc2c1. The fourth-order valence-electron chi connectivity index (χ4n) is 3.90. The molecule has 3 rings (SSSR count). The van der Waals surface area contributed by atoms with E-state index in [-0.39, 0.29) is 29.3 Å². The number of rotatable bonds is 8. The second-order valence-corrected chi connectivity index (χ2v) is 10.5. The molecule has 1 saturated heterocycles. The van der Waals surface area contributed by atoms with Crippen molar-refractivity contribution in [3.05, 3.63) is 60.7 Å². The number of amides is 1. The van der Waals surface area contributed by atoms with E-state index in [4.69, 9.17) is 9.47 Å². The van der Waals surface area contributed by atoms with Crippen molar-refractivity contribution in [2.24, 2.45) is 0 Å². The van der Waals surface area contributed by atoms with Gasteiger partial charge in [-0.15, -0.1) is 0 Å². The first-order chi connectivity index (χ1) is 15.7. The average molecular weight is 471 g/mol. The molecule has 1 aliphatic heterocycles. The molecule has 33 heavy (non-hydrogen) atoms. The van der Waals surface area contributed by atoms with Crippen LogP contribution in [0.3, 0.4) is 0 Å². The predicted molar refractivity (Wildman–Crippen MR) is 135 cm³/mol. The van der Waals surface area contributed by atoms with Crippen molar-refractivity contribution in [2.75, 3.05) is 26.2 Å². The summed E-state index contributed by atoms with van der Waals surface area (Å²) in [6, 6.07) is 14.8. The molecule has 0 bridgehead atoms. The van der Waals surface area contributed by atoms with E-state index in [0.717, 1.165) is 24.7 Å². The highest BCUT2D eigenvalue weighted by Crippen LogP contribution is 2.30. The molecular formula is C26H34N2O4S. The van der Waals surface area contributed by atoms with Crippen molar-refractivity contribution in [1.82, 2.24) is 10.2 Å². The minimum atomic E-state index is -0.533. The highest BCUT2D eigenvalue weighted by molar-refractivity contribution is 8.13. The number of ether oxygens (including phenoxy) is 2. The van der Waals surface area contributed by atoms with Crippen LogP contribution in [0, 0.1) is 0 Å². The van der Waals surface area contributed by atoms with Gasteiger partial charge in [-0.2, -0.15) is 0 Å². The van der Waals surface area contributed by atoms with Crippen molar-refractivity contribution in [2.45, 2.75) is 50.5 Å². The molecule has 2 aromatic carbocycles. The third-order valence-electron chi connectivity index (χ3n) is 5.37. The molecule has 6 nitrogen and oxygen atoms in total. The maximum absolute atomic E-state index is 12.6. The fourth-order valence-corrected chi connectivity index (χ4v) is 5.02. The van der Waals surface area contributed by atoms with Crippen LogP contribution in [0.5, 0.6) is 0 Å². The lowest BCUT2D eigenvalue weighted by Crippen LogP contribution is -2.42. The Morgan fingerprint density at radius 3 is 2.70 bits per heavy atom. The van der Waals surface area contributed by atoms with Gasteiger partial charge < -0.3 is 19.7 Å². The third-order valence-corrected chi connectivity index (χ3v) is 6.32. The first kappa shape index (κ1) is 25.1. The summed E-state index contributed by atoms with van der Waals surface area (Å²) in [7, 11) is 0. The Hall–Kier alpha value is -2.51. The number of hydrogen-bond acceptors (Lipinski definition) is 6. The number of benzene rings is 2. The van der Waals surface area contributed by atoms with E-state index in [1.165, 1.54) is 16.3 Å². The first-order valence-electron chi connectivity index (χ1n) is 11.4. The standard InChI is InChI=1S/C26H34N2O4S/c1-5-14-31-24(29)28-18-23(33-25(30)32-26(2,3)4)16-22(28)17-27-13-12-19-10-11-20-8-6-7-9-21(20)15-19/h5-11,15,22-23,27H,1,12-14,16-18H2,2-4H3/t22-,23-/m0/s1. The van der Waals surface area contributed by atoms with Crippen LogP contribution in [-0.4, -0.2) is 59.4 Å². The summed E-state index contributed by atoms with van der Waals surface area (Å²) in [4.78, 5) is 26.5. The quantitative estimate of drug-likeness (QED) is 0.316. The van der Waals surface area contributed by atoms with Crippen molar-refractivity contribution < 1.29 is 19.1 Å². The van der Waals surface area contributed by atoms with Crippen LogP contribution in [0.4, 0.5) is 9.59 Å². The summed E-state index contributed by atoms with van der Waals surface area (Å²) in [6.07, 6.45) is 2.78. The van der Waals surface area contributed by atoms with E-state index >= 15 is 0 Å². The smallest absolute Gasteiger partial charge is 0.410 e. The van der Waals surface area contributed by atoms with Crippen molar-refractivity contribution >= 4 is 33.9 Å². The molecule has 2 aromatic rings. The van der Waals surface area contributed by atoms with E-state index in [1.54, 1.807) is 11.0 Å². The molecule has 1 amide bonds. The van der Waals surface area contributed by atoms with Gasteiger partial charge >= 0.3 is 11.4 Å². The van der Waals surface area contributed by atoms with Gasteiger partial charge in [-0.25, -0.2) is 9.59 Å². The van der Waals surface area contributed by atoms with Gasteiger partial charge in [0.25, 0.3) is 0 Å². The lowest BCUT2D eigenvalue weighted by Gasteiger charge is -2.24. The molecule has 1 fully saturated rings. The van der Waals surface area contributed by atoms with Gasteiger partial charge in [-0.05, 0) is 68.3 Å². The highest BCUT2D eigenvalue weighted by Gasteiger charge is 2.38. The van der Waals surface area contributed by atoms with E-state index < -0.39 is 5.60 Å². The summed E-state index contributed by atoms with van der Waals surface area (Å²) in [5.41, 5.74) is 0.739. The Balaban J connectivity index is 1.53. The number of fused-ring (bicyclic) bond motifs is 1. The third kappa shape index (κ3) is 7.79. The van der Waals surface area contributed by atoms with Crippen molar-refractivity contribution in [3.8, 4) is 0 Å². The second kappa shape index (κ2) is 11.6. The molecule has 0 saturated carbocycles. The number of nitrogens with one attached hydrogen (secondary N) is 1. The molecule has 7 heteroatoms. The number of carbonyl (C=O) groups excluding carboxylic acids is 2. The Morgan fingerprint density at radius 1 is 1.21 bits per heavy atom. The average Bonchev–Trinajstić information content (AvgIpc) is 3.16. The summed E-state index contributed by atoms with van der Waals surface area (Å²) in [5.74, 6) is 0. The van der Waals surface area contributed by atoms with Gasteiger partial charge in [0.15, 0.2) is 0 Å². The summed E-state index contributed by atoms with van der Waals surface area (Å²) in [5, 5.41) is 5.63. The topological polar surface area (TPSA) is 67.9 Å². The van der Waals surface area contributed by atoms with Crippen molar-refractivity contribution in [1.29, 1.82) is 0 Å². The lowest BCUT2D eigenvalue weighted by atomic mass is 10.1. The van der Waals surface area contributed by atoms with Crippen LogP contribution >= 0.6 is 11.8 Å². The number of hydrogen-bond donors (Lipinski definition) is 1. The summed E-state index contributed by atoms with van der Waals surface area (Å²) in [6.45, 7) is 11.2. The molecule has 1 heterocycles. The van der Waals surface area contributed by atoms with Gasteiger partial charge in [0.1, 0.15) is 12.2 Å². The van der Waals surface area contributed by atoms with E-state index in [9.17, 15) is 9.59 Å². The first-order valence-corrected chi connectivity index (χ1v) is 12.3. The molecule has 1 aliphatic rings. The molecule has 0 aromatic heterocycles. The van der Waals surface area contributed by atoms with Crippen LogP contribution in [0.25, 0.3) is 10.8 Å². The number of carbonyl (C=O) groups is 2. The Bertz CT molecular complexity index is 972. The maximum atomic E-state index is 12.6. The molecule has 0 radical (unpaired) electrons. The molecule has 0 unspecified atom stereocenters. The molecule has 0 spiro atoms. The molecule has 2 atom stereocenters. The zero-order valence-corrected chi connectivity index (χ0v) is 20.5. The highest BCUT2D eigenvalue weighted by atomic mass is 32.2. The zero-order chi connectivity index (χ0) is 23.8. The number of likely N-dealkylation sites (tertiary alicyclic amines) is 1. The van der Waals surface area contributed by atoms with Gasteiger partial charge in [0, 0.05) is 24.4 Å². The van der Waals surface area contributed by atoms with Crippen LogP contribution in [0.1, 0.15) is 32.8 Å². The van der Waals surface area contributed by atoms with Crippen LogP contribution < -0.4 is 5.32 Å². The molecular weight excluding hydrogens is 436 g/mol. The maximum Gasteiger partial charge on any atom is 0.410 e. The fraction of sp³-hybridized carbons (Fsp3) is 0.462. The van der Waals surface area contributed by atoms with E-state index in [1.807, 2.05) is 26.8 Å². The van der Waals surface area contributed by atoms with Gasteiger partial charge in [0.2, 0.25) is 0 Å². The van der Waals surface area contributed by atoms with Crippen LogP contribution in [0.15, 0.2) is 55.1 Å². The second-order valence-electron chi connectivity index (χ2n) is 9.25. The van der Waals surface area contributed by atoms with Crippen molar-refractivity contribution in [3.63, 3.8) is 0 Å². The normalized spacial score (nSPS) is 18.3.